The average molecular weight is 244 g/mol. The molecule has 2 N–H and O–H groups in total. The predicted octanol–water partition coefficient (Wildman–Crippen LogP) is 3.52. The first-order valence-electron chi connectivity index (χ1n) is 6.38. The van der Waals surface area contributed by atoms with Gasteiger partial charge in [0.2, 0.25) is 0 Å². The summed E-state index contributed by atoms with van der Waals surface area (Å²) in [5, 5.41) is 13.0. The van der Waals surface area contributed by atoms with Crippen molar-refractivity contribution in [3.05, 3.63) is 47.8 Å². The molecule has 0 radical (unpaired) electrons. The lowest BCUT2D eigenvalue weighted by Crippen LogP contribution is -2.06. The molecule has 0 spiro atoms. The first kappa shape index (κ1) is 12.6. The largest absolute Gasteiger partial charge is 0.508 e. The number of aromatic hydroxyl groups is 1. The monoisotopic (exact) mass is 244 g/mol. The first-order chi connectivity index (χ1) is 8.70. The first-order valence-corrected chi connectivity index (χ1v) is 6.38. The molecule has 0 saturated carbocycles. The van der Waals surface area contributed by atoms with Gasteiger partial charge in [-0.2, -0.15) is 0 Å². The zero-order valence-electron chi connectivity index (χ0n) is 11.0. The van der Waals surface area contributed by atoms with Crippen LogP contribution >= 0.6 is 0 Å². The van der Waals surface area contributed by atoms with Gasteiger partial charge in [-0.3, -0.25) is 0 Å². The predicted molar refractivity (Wildman–Crippen MR) is 74.9 cm³/mol. The van der Waals surface area contributed by atoms with E-state index in [0.29, 0.717) is 5.75 Å². The van der Waals surface area contributed by atoms with Gasteiger partial charge in [-0.15, -0.1) is 0 Å². The minimum atomic E-state index is 0.337. The molecule has 0 bridgehead atoms. The summed E-state index contributed by atoms with van der Waals surface area (Å²) in [5.41, 5.74) is 3.11. The smallest absolute Gasteiger partial charge is 0.120 e. The molecule has 0 saturated heterocycles. The number of benzene rings is 1. The Morgan fingerprint density at radius 2 is 2.11 bits per heavy atom. The number of aryl methyl sites for hydroxylation is 2. The summed E-state index contributed by atoms with van der Waals surface area (Å²) >= 11 is 0. The highest BCUT2D eigenvalue weighted by Crippen LogP contribution is 2.21. The van der Waals surface area contributed by atoms with E-state index in [-0.39, 0.29) is 0 Å². The molecular formula is C15H20N2O. The maximum Gasteiger partial charge on any atom is 0.120 e. The normalized spacial score (nSPS) is 10.6. The van der Waals surface area contributed by atoms with E-state index in [9.17, 15) is 5.11 Å². The summed E-state index contributed by atoms with van der Waals surface area (Å²) in [5.74, 6) is 0.337. The van der Waals surface area contributed by atoms with Gasteiger partial charge in [-0.25, -0.2) is 0 Å². The second kappa shape index (κ2) is 5.63. The van der Waals surface area contributed by atoms with Gasteiger partial charge in [-0.05, 0) is 37.1 Å². The Balaban J connectivity index is 2.02. The third kappa shape index (κ3) is 2.86. The quantitative estimate of drug-likeness (QED) is 0.844. The van der Waals surface area contributed by atoms with Crippen LogP contribution in [0.4, 0.5) is 5.69 Å². The number of nitrogens with zero attached hydrogens (tertiary/aromatic N) is 1. The molecule has 18 heavy (non-hydrogen) atoms. The number of nitrogens with one attached hydrogen (secondary N) is 1. The number of rotatable bonds is 5. The third-order valence-electron chi connectivity index (χ3n) is 3.07. The summed E-state index contributed by atoms with van der Waals surface area (Å²) in [6.45, 7) is 5.89. The number of hydrogen-bond acceptors (Lipinski definition) is 2. The highest BCUT2D eigenvalue weighted by atomic mass is 16.3. The van der Waals surface area contributed by atoms with E-state index in [2.05, 4.69) is 35.1 Å². The van der Waals surface area contributed by atoms with Gasteiger partial charge < -0.3 is 15.0 Å². The van der Waals surface area contributed by atoms with Crippen LogP contribution < -0.4 is 5.32 Å². The van der Waals surface area contributed by atoms with Gasteiger partial charge in [0.1, 0.15) is 5.75 Å². The second-order valence-electron chi connectivity index (χ2n) is 4.55. The fourth-order valence-corrected chi connectivity index (χ4v) is 1.98. The highest BCUT2D eigenvalue weighted by molar-refractivity contribution is 5.51. The van der Waals surface area contributed by atoms with Crippen molar-refractivity contribution in [2.24, 2.45) is 0 Å². The van der Waals surface area contributed by atoms with Gasteiger partial charge in [0, 0.05) is 30.2 Å². The zero-order valence-corrected chi connectivity index (χ0v) is 11.0. The highest BCUT2D eigenvalue weighted by Gasteiger charge is 2.01. The van der Waals surface area contributed by atoms with Crippen molar-refractivity contribution in [1.29, 1.82) is 0 Å². The van der Waals surface area contributed by atoms with Crippen LogP contribution in [-0.2, 0) is 13.1 Å². The van der Waals surface area contributed by atoms with Crippen molar-refractivity contribution in [1.82, 2.24) is 4.57 Å². The minimum absolute atomic E-state index is 0.337. The lowest BCUT2D eigenvalue weighted by molar-refractivity contribution is 0.471. The summed E-state index contributed by atoms with van der Waals surface area (Å²) in [6.07, 6.45) is 3.24. The molecule has 0 atom stereocenters. The van der Waals surface area contributed by atoms with Crippen molar-refractivity contribution < 1.29 is 5.11 Å². The molecule has 3 nitrogen and oxygen atoms in total. The van der Waals surface area contributed by atoms with Crippen molar-refractivity contribution in [3.63, 3.8) is 0 Å². The fourth-order valence-electron chi connectivity index (χ4n) is 1.98. The maximum absolute atomic E-state index is 9.65. The number of phenols is 1. The Hall–Kier alpha value is -1.90. The maximum atomic E-state index is 9.65. The van der Waals surface area contributed by atoms with Crippen molar-refractivity contribution in [3.8, 4) is 5.75 Å². The van der Waals surface area contributed by atoms with Gasteiger partial charge in [0.15, 0.2) is 0 Å². The van der Waals surface area contributed by atoms with Crippen molar-refractivity contribution >= 4 is 5.69 Å². The molecule has 1 heterocycles. The van der Waals surface area contributed by atoms with E-state index in [1.165, 1.54) is 5.69 Å². The van der Waals surface area contributed by atoms with Crippen LogP contribution in [0, 0.1) is 6.92 Å². The molecule has 0 aliphatic carbocycles. The number of anilines is 1. The van der Waals surface area contributed by atoms with Crippen molar-refractivity contribution in [2.75, 3.05) is 5.32 Å². The SMILES string of the molecule is CCCn1cccc1CNc1ccc(C)c(O)c1. The minimum Gasteiger partial charge on any atom is -0.508 e. The van der Waals surface area contributed by atoms with Gasteiger partial charge in [-0.1, -0.05) is 13.0 Å². The van der Waals surface area contributed by atoms with Crippen LogP contribution in [0.25, 0.3) is 0 Å². The molecule has 0 unspecified atom stereocenters. The van der Waals surface area contributed by atoms with Crippen LogP contribution in [-0.4, -0.2) is 9.67 Å². The number of aromatic nitrogens is 1. The molecular weight excluding hydrogens is 224 g/mol. The molecule has 0 aliphatic heterocycles. The molecule has 1 aromatic heterocycles. The van der Waals surface area contributed by atoms with Crippen LogP contribution in [0.1, 0.15) is 24.6 Å². The van der Waals surface area contributed by atoms with Gasteiger partial charge >= 0.3 is 0 Å². The van der Waals surface area contributed by atoms with E-state index in [1.54, 1.807) is 6.07 Å². The second-order valence-corrected chi connectivity index (χ2v) is 4.55. The molecule has 0 fully saturated rings. The summed E-state index contributed by atoms with van der Waals surface area (Å²) in [4.78, 5) is 0. The standard InChI is InChI=1S/C15H20N2O/c1-3-8-17-9-4-5-14(17)11-16-13-7-6-12(2)15(18)10-13/h4-7,9-10,16,18H,3,8,11H2,1-2H3. The average Bonchev–Trinajstić information content (AvgIpc) is 2.79. The molecule has 2 rings (SSSR count). The van der Waals surface area contributed by atoms with Crippen LogP contribution in [0.5, 0.6) is 5.75 Å². The lowest BCUT2D eigenvalue weighted by atomic mass is 10.2. The Labute approximate surface area is 108 Å². The summed E-state index contributed by atoms with van der Waals surface area (Å²) in [7, 11) is 0. The topological polar surface area (TPSA) is 37.2 Å². The van der Waals surface area contributed by atoms with E-state index >= 15 is 0 Å². The van der Waals surface area contributed by atoms with Crippen LogP contribution in [0.15, 0.2) is 36.5 Å². The molecule has 96 valence electrons. The van der Waals surface area contributed by atoms with E-state index in [1.807, 2.05) is 19.1 Å². The van der Waals surface area contributed by atoms with Crippen LogP contribution in [0.3, 0.4) is 0 Å². The third-order valence-corrected chi connectivity index (χ3v) is 3.07. The Morgan fingerprint density at radius 3 is 2.83 bits per heavy atom. The van der Waals surface area contributed by atoms with Gasteiger partial charge in [0.25, 0.3) is 0 Å². The lowest BCUT2D eigenvalue weighted by Gasteiger charge is -2.11. The van der Waals surface area contributed by atoms with Gasteiger partial charge in [0.05, 0.1) is 6.54 Å². The number of hydrogen-bond donors (Lipinski definition) is 2. The summed E-state index contributed by atoms with van der Waals surface area (Å²) in [6, 6.07) is 9.86. The zero-order chi connectivity index (χ0) is 13.0. The van der Waals surface area contributed by atoms with Crippen molar-refractivity contribution in [2.45, 2.75) is 33.4 Å². The Morgan fingerprint density at radius 1 is 1.28 bits per heavy atom. The molecule has 3 heteroatoms. The molecule has 0 amide bonds. The molecule has 1 aromatic carbocycles. The van der Waals surface area contributed by atoms with Crippen LogP contribution in [0.2, 0.25) is 0 Å². The van der Waals surface area contributed by atoms with E-state index < -0.39 is 0 Å². The Kier molecular flexibility index (Phi) is 3.92. The van der Waals surface area contributed by atoms with E-state index in [0.717, 1.165) is 30.8 Å². The molecule has 2 aromatic rings. The fraction of sp³-hybridized carbons (Fsp3) is 0.333. The molecule has 0 aliphatic rings. The Bertz CT molecular complexity index is 517. The summed E-state index contributed by atoms with van der Waals surface area (Å²) < 4.78 is 2.25. The number of phenolic OH excluding ortho intramolecular Hbond substituents is 1. The van der Waals surface area contributed by atoms with E-state index in [4.69, 9.17) is 0 Å².